The molecule has 1 aromatic rings. The topological polar surface area (TPSA) is 32.8 Å². The predicted octanol–water partition coefficient (Wildman–Crippen LogP) is 2.00. The molecule has 1 amide bonds. The van der Waals surface area contributed by atoms with Crippen LogP contribution in [0.3, 0.4) is 0 Å². The van der Waals surface area contributed by atoms with E-state index in [1.165, 1.54) is 5.56 Å². The first-order chi connectivity index (χ1) is 10.3. The predicted molar refractivity (Wildman–Crippen MR) is 84.6 cm³/mol. The third-order valence-electron chi connectivity index (χ3n) is 4.65. The van der Waals surface area contributed by atoms with E-state index < -0.39 is 0 Å². The SMILES string of the molecule is CCN1CCC2C(C1)OCCN2C(=O)CCc1ccsc1. The van der Waals surface area contributed by atoms with Gasteiger partial charge in [0.05, 0.1) is 18.8 Å². The first kappa shape index (κ1) is 15.0. The Morgan fingerprint density at radius 2 is 2.38 bits per heavy atom. The Morgan fingerprint density at radius 1 is 1.48 bits per heavy atom. The summed E-state index contributed by atoms with van der Waals surface area (Å²) < 4.78 is 5.91. The average Bonchev–Trinajstić information content (AvgIpc) is 3.04. The molecule has 2 saturated heterocycles. The lowest BCUT2D eigenvalue weighted by molar-refractivity contribution is -0.152. The van der Waals surface area contributed by atoms with Crippen LogP contribution in [0.4, 0.5) is 0 Å². The van der Waals surface area contributed by atoms with Crippen LogP contribution in [0.25, 0.3) is 0 Å². The van der Waals surface area contributed by atoms with Gasteiger partial charge in [0, 0.05) is 26.1 Å². The fraction of sp³-hybridized carbons (Fsp3) is 0.688. The van der Waals surface area contributed by atoms with Gasteiger partial charge in [0.1, 0.15) is 0 Å². The van der Waals surface area contributed by atoms with Gasteiger partial charge in [0.15, 0.2) is 0 Å². The maximum Gasteiger partial charge on any atom is 0.223 e. The highest BCUT2D eigenvalue weighted by atomic mass is 32.1. The quantitative estimate of drug-likeness (QED) is 0.853. The molecule has 0 spiro atoms. The van der Waals surface area contributed by atoms with Gasteiger partial charge in [-0.3, -0.25) is 4.79 Å². The summed E-state index contributed by atoms with van der Waals surface area (Å²) in [6.45, 7) is 6.75. The van der Waals surface area contributed by atoms with E-state index in [1.807, 2.05) is 0 Å². The molecule has 0 radical (unpaired) electrons. The molecule has 2 aliphatic heterocycles. The number of morpholine rings is 1. The van der Waals surface area contributed by atoms with E-state index in [4.69, 9.17) is 4.74 Å². The number of amides is 1. The van der Waals surface area contributed by atoms with Crippen LogP contribution in [0, 0.1) is 0 Å². The van der Waals surface area contributed by atoms with E-state index in [-0.39, 0.29) is 12.1 Å². The minimum absolute atomic E-state index is 0.206. The van der Waals surface area contributed by atoms with Crippen molar-refractivity contribution in [2.45, 2.75) is 38.3 Å². The van der Waals surface area contributed by atoms with E-state index in [9.17, 15) is 4.79 Å². The Labute approximate surface area is 130 Å². The first-order valence-corrected chi connectivity index (χ1v) is 8.86. The Hall–Kier alpha value is -0.910. The van der Waals surface area contributed by atoms with Crippen molar-refractivity contribution in [3.63, 3.8) is 0 Å². The number of ether oxygens (including phenoxy) is 1. The van der Waals surface area contributed by atoms with Gasteiger partial charge in [-0.05, 0) is 41.8 Å². The van der Waals surface area contributed by atoms with Crippen molar-refractivity contribution in [3.8, 4) is 0 Å². The van der Waals surface area contributed by atoms with Gasteiger partial charge in [-0.15, -0.1) is 0 Å². The van der Waals surface area contributed by atoms with Gasteiger partial charge in [-0.1, -0.05) is 6.92 Å². The summed E-state index contributed by atoms with van der Waals surface area (Å²) in [4.78, 5) is 17.1. The summed E-state index contributed by atoms with van der Waals surface area (Å²) >= 11 is 1.70. The molecule has 3 rings (SSSR count). The number of piperidine rings is 1. The molecule has 116 valence electrons. The van der Waals surface area contributed by atoms with Crippen molar-refractivity contribution < 1.29 is 9.53 Å². The number of rotatable bonds is 4. The van der Waals surface area contributed by atoms with Crippen LogP contribution < -0.4 is 0 Å². The molecule has 1 aromatic heterocycles. The second-order valence-corrected chi connectivity index (χ2v) is 6.66. The van der Waals surface area contributed by atoms with Crippen LogP contribution in [0.5, 0.6) is 0 Å². The third kappa shape index (κ3) is 3.47. The lowest BCUT2D eigenvalue weighted by Crippen LogP contribution is -2.60. The highest BCUT2D eigenvalue weighted by Crippen LogP contribution is 2.24. The number of likely N-dealkylation sites (tertiary alicyclic amines) is 1. The van der Waals surface area contributed by atoms with Gasteiger partial charge in [-0.2, -0.15) is 11.3 Å². The summed E-state index contributed by atoms with van der Waals surface area (Å²) in [5, 5.41) is 4.21. The third-order valence-corrected chi connectivity index (χ3v) is 5.38. The summed E-state index contributed by atoms with van der Waals surface area (Å²) in [6.07, 6.45) is 2.73. The second kappa shape index (κ2) is 6.90. The normalized spacial score (nSPS) is 26.6. The molecule has 2 fully saturated rings. The van der Waals surface area contributed by atoms with Gasteiger partial charge in [0.2, 0.25) is 5.91 Å². The summed E-state index contributed by atoms with van der Waals surface area (Å²) in [7, 11) is 0. The van der Waals surface area contributed by atoms with Crippen molar-refractivity contribution in [2.75, 3.05) is 32.8 Å². The highest BCUT2D eigenvalue weighted by Gasteiger charge is 2.38. The maximum atomic E-state index is 12.6. The molecule has 0 bridgehead atoms. The Bertz CT molecular complexity index is 463. The molecular formula is C16H24N2O2S. The van der Waals surface area contributed by atoms with Crippen molar-refractivity contribution >= 4 is 17.2 Å². The summed E-state index contributed by atoms with van der Waals surface area (Å²) in [5.41, 5.74) is 1.28. The van der Waals surface area contributed by atoms with Crippen molar-refractivity contribution in [1.82, 2.24) is 9.80 Å². The monoisotopic (exact) mass is 308 g/mol. The number of fused-ring (bicyclic) bond motifs is 1. The zero-order valence-electron chi connectivity index (χ0n) is 12.7. The Morgan fingerprint density at radius 3 is 3.14 bits per heavy atom. The molecule has 2 aliphatic rings. The molecule has 0 N–H and O–H groups in total. The van der Waals surface area contributed by atoms with Crippen LogP contribution in [-0.4, -0.2) is 60.6 Å². The standard InChI is InChI=1S/C16H24N2O2S/c1-2-17-7-5-14-15(11-17)20-9-8-18(14)16(19)4-3-13-6-10-21-12-13/h6,10,12,14-15H,2-5,7-9,11H2,1H3. The fourth-order valence-electron chi connectivity index (χ4n) is 3.38. The largest absolute Gasteiger partial charge is 0.373 e. The molecular weight excluding hydrogens is 284 g/mol. The minimum Gasteiger partial charge on any atom is -0.373 e. The van der Waals surface area contributed by atoms with E-state index in [0.29, 0.717) is 18.9 Å². The Kier molecular flexibility index (Phi) is 4.93. The van der Waals surface area contributed by atoms with E-state index in [2.05, 4.69) is 33.6 Å². The van der Waals surface area contributed by atoms with Crippen LogP contribution >= 0.6 is 11.3 Å². The minimum atomic E-state index is 0.206. The lowest BCUT2D eigenvalue weighted by Gasteiger charge is -2.46. The van der Waals surface area contributed by atoms with Gasteiger partial charge in [-0.25, -0.2) is 0 Å². The molecule has 2 atom stereocenters. The molecule has 4 nitrogen and oxygen atoms in total. The lowest BCUT2D eigenvalue weighted by atomic mass is 9.97. The van der Waals surface area contributed by atoms with Gasteiger partial charge < -0.3 is 14.5 Å². The molecule has 21 heavy (non-hydrogen) atoms. The van der Waals surface area contributed by atoms with Crippen LogP contribution in [-0.2, 0) is 16.0 Å². The first-order valence-electron chi connectivity index (χ1n) is 7.92. The molecule has 0 saturated carbocycles. The summed E-state index contributed by atoms with van der Waals surface area (Å²) in [6, 6.07) is 2.40. The smallest absolute Gasteiger partial charge is 0.223 e. The number of aryl methyl sites for hydroxylation is 1. The van der Waals surface area contributed by atoms with E-state index >= 15 is 0 Å². The zero-order chi connectivity index (χ0) is 14.7. The molecule has 2 unspecified atom stereocenters. The highest BCUT2D eigenvalue weighted by molar-refractivity contribution is 7.07. The maximum absolute atomic E-state index is 12.6. The van der Waals surface area contributed by atoms with Crippen LogP contribution in [0.15, 0.2) is 16.8 Å². The van der Waals surface area contributed by atoms with E-state index in [1.54, 1.807) is 11.3 Å². The number of carbonyl (C=O) groups excluding carboxylic acids is 1. The van der Waals surface area contributed by atoms with Gasteiger partial charge in [0.25, 0.3) is 0 Å². The van der Waals surface area contributed by atoms with Crippen LogP contribution in [0.1, 0.15) is 25.3 Å². The summed E-state index contributed by atoms with van der Waals surface area (Å²) in [5.74, 6) is 0.296. The zero-order valence-corrected chi connectivity index (χ0v) is 13.5. The average molecular weight is 308 g/mol. The van der Waals surface area contributed by atoms with Crippen molar-refractivity contribution in [2.24, 2.45) is 0 Å². The van der Waals surface area contributed by atoms with Crippen molar-refractivity contribution in [1.29, 1.82) is 0 Å². The Balaban J connectivity index is 1.57. The van der Waals surface area contributed by atoms with Gasteiger partial charge >= 0.3 is 0 Å². The molecule has 5 heteroatoms. The molecule has 3 heterocycles. The van der Waals surface area contributed by atoms with Crippen molar-refractivity contribution in [3.05, 3.63) is 22.4 Å². The second-order valence-electron chi connectivity index (χ2n) is 5.88. The van der Waals surface area contributed by atoms with Crippen LogP contribution in [0.2, 0.25) is 0 Å². The number of nitrogens with zero attached hydrogens (tertiary/aromatic N) is 2. The fourth-order valence-corrected chi connectivity index (χ4v) is 4.09. The van der Waals surface area contributed by atoms with E-state index in [0.717, 1.165) is 39.0 Å². The number of thiophene rings is 1. The molecule has 0 aliphatic carbocycles. The number of hydrogen-bond donors (Lipinski definition) is 0. The number of hydrogen-bond acceptors (Lipinski definition) is 4. The molecule has 0 aromatic carbocycles. The number of carbonyl (C=O) groups is 1. The number of likely N-dealkylation sites (N-methyl/N-ethyl adjacent to an activating group) is 1.